The molecular weight excluding hydrogens is 236 g/mol. The highest BCUT2D eigenvalue weighted by Gasteiger charge is 2.32. The summed E-state index contributed by atoms with van der Waals surface area (Å²) >= 11 is 0. The van der Waals surface area contributed by atoms with E-state index in [0.717, 1.165) is 24.2 Å². The van der Waals surface area contributed by atoms with Gasteiger partial charge >= 0.3 is 0 Å². The molecule has 19 heavy (non-hydrogen) atoms. The highest BCUT2D eigenvalue weighted by atomic mass is 16.5. The summed E-state index contributed by atoms with van der Waals surface area (Å²) in [6.45, 7) is 8.45. The Labute approximate surface area is 116 Å². The zero-order valence-corrected chi connectivity index (χ0v) is 12.4. The molecule has 104 valence electrons. The van der Waals surface area contributed by atoms with Gasteiger partial charge in [0.25, 0.3) is 0 Å². The predicted molar refractivity (Wildman–Crippen MR) is 78.6 cm³/mol. The van der Waals surface area contributed by atoms with Crippen molar-refractivity contribution in [3.63, 3.8) is 0 Å². The van der Waals surface area contributed by atoms with Crippen LogP contribution < -0.4 is 4.74 Å². The van der Waals surface area contributed by atoms with Crippen molar-refractivity contribution in [2.45, 2.75) is 52.6 Å². The maximum atomic E-state index is 9.65. The zero-order valence-electron chi connectivity index (χ0n) is 12.4. The molecule has 0 amide bonds. The van der Waals surface area contributed by atoms with E-state index >= 15 is 0 Å². The summed E-state index contributed by atoms with van der Waals surface area (Å²) in [6.07, 6.45) is 5.74. The minimum absolute atomic E-state index is 0.211. The summed E-state index contributed by atoms with van der Waals surface area (Å²) in [6, 6.07) is 5.41. The summed E-state index contributed by atoms with van der Waals surface area (Å²) in [4.78, 5) is 0. The molecule has 2 nitrogen and oxygen atoms in total. The fourth-order valence-corrected chi connectivity index (χ4v) is 2.77. The summed E-state index contributed by atoms with van der Waals surface area (Å²) < 4.78 is 6.15. The molecule has 1 N–H and O–H groups in total. The second-order valence-corrected chi connectivity index (χ2v) is 6.23. The third kappa shape index (κ3) is 3.52. The molecule has 1 atom stereocenters. The van der Waals surface area contributed by atoms with Gasteiger partial charge in [0.05, 0.1) is 0 Å². The van der Waals surface area contributed by atoms with Gasteiger partial charge in [-0.25, -0.2) is 0 Å². The van der Waals surface area contributed by atoms with Gasteiger partial charge in [0.1, 0.15) is 17.1 Å². The number of benzene rings is 1. The largest absolute Gasteiger partial charge is 0.508 e. The molecule has 2 rings (SSSR count). The van der Waals surface area contributed by atoms with Crippen LogP contribution in [0, 0.1) is 12.8 Å². The minimum atomic E-state index is -0.211. The number of allylic oxidation sites excluding steroid dienone is 2. The minimum Gasteiger partial charge on any atom is -0.508 e. The molecule has 1 aromatic carbocycles. The van der Waals surface area contributed by atoms with E-state index in [0.29, 0.717) is 5.92 Å². The fraction of sp³-hybridized carbons (Fsp3) is 0.529. The van der Waals surface area contributed by atoms with Crippen LogP contribution in [0.4, 0.5) is 0 Å². The van der Waals surface area contributed by atoms with Crippen LogP contribution in [0.5, 0.6) is 11.5 Å². The molecule has 0 radical (unpaired) electrons. The van der Waals surface area contributed by atoms with Crippen LogP contribution in [0.1, 0.15) is 45.6 Å². The number of aryl methyl sites for hydroxylation is 1. The van der Waals surface area contributed by atoms with E-state index < -0.39 is 0 Å². The monoisotopic (exact) mass is 260 g/mol. The first-order chi connectivity index (χ1) is 8.87. The van der Waals surface area contributed by atoms with Crippen LogP contribution in [-0.4, -0.2) is 10.7 Å². The van der Waals surface area contributed by atoms with Crippen LogP contribution in [0.15, 0.2) is 29.8 Å². The van der Waals surface area contributed by atoms with Crippen LogP contribution in [-0.2, 0) is 0 Å². The molecule has 1 aliphatic carbocycles. The molecule has 1 aliphatic rings. The lowest BCUT2D eigenvalue weighted by Gasteiger charge is -2.36. The van der Waals surface area contributed by atoms with E-state index in [-0.39, 0.29) is 11.4 Å². The van der Waals surface area contributed by atoms with E-state index in [4.69, 9.17) is 4.74 Å². The lowest BCUT2D eigenvalue weighted by molar-refractivity contribution is 0.0381. The number of aromatic hydroxyl groups is 1. The number of hydrogen-bond acceptors (Lipinski definition) is 2. The van der Waals surface area contributed by atoms with Crippen molar-refractivity contribution in [2.24, 2.45) is 5.92 Å². The average Bonchev–Trinajstić information content (AvgIpc) is 2.27. The van der Waals surface area contributed by atoms with Gasteiger partial charge in [-0.15, -0.1) is 0 Å². The quantitative estimate of drug-likeness (QED) is 0.804. The Morgan fingerprint density at radius 3 is 2.53 bits per heavy atom. The molecule has 0 bridgehead atoms. The Balaban J connectivity index is 2.12. The SMILES string of the molecule is CC1=CCC(C(C)(C)Oc2cc(C)cc(O)c2)CC1. The summed E-state index contributed by atoms with van der Waals surface area (Å²) in [7, 11) is 0. The van der Waals surface area contributed by atoms with Crippen LogP contribution in [0.3, 0.4) is 0 Å². The Morgan fingerprint density at radius 2 is 1.95 bits per heavy atom. The number of phenols is 1. The van der Waals surface area contributed by atoms with Gasteiger partial charge in [0.15, 0.2) is 0 Å². The van der Waals surface area contributed by atoms with Crippen molar-refractivity contribution in [1.29, 1.82) is 0 Å². The molecule has 0 spiro atoms. The second kappa shape index (κ2) is 5.28. The van der Waals surface area contributed by atoms with E-state index in [9.17, 15) is 5.11 Å². The molecular formula is C17H24O2. The molecule has 2 heteroatoms. The van der Waals surface area contributed by atoms with Crippen molar-refractivity contribution < 1.29 is 9.84 Å². The zero-order chi connectivity index (χ0) is 14.0. The van der Waals surface area contributed by atoms with Crippen LogP contribution in [0.2, 0.25) is 0 Å². The third-order valence-electron chi connectivity index (χ3n) is 4.04. The normalized spacial score (nSPS) is 20.0. The van der Waals surface area contributed by atoms with Gasteiger partial charge in [0, 0.05) is 12.0 Å². The van der Waals surface area contributed by atoms with Gasteiger partial charge in [-0.1, -0.05) is 11.6 Å². The summed E-state index contributed by atoms with van der Waals surface area (Å²) in [5, 5.41) is 9.65. The Hall–Kier alpha value is -1.44. The maximum absolute atomic E-state index is 9.65. The maximum Gasteiger partial charge on any atom is 0.124 e. The first-order valence-corrected chi connectivity index (χ1v) is 7.02. The van der Waals surface area contributed by atoms with Gasteiger partial charge in [0.2, 0.25) is 0 Å². The molecule has 0 aromatic heterocycles. The Morgan fingerprint density at radius 1 is 1.21 bits per heavy atom. The molecule has 0 fully saturated rings. The fourth-order valence-electron chi connectivity index (χ4n) is 2.77. The summed E-state index contributed by atoms with van der Waals surface area (Å²) in [5.41, 5.74) is 2.29. The first-order valence-electron chi connectivity index (χ1n) is 7.02. The number of hydrogen-bond donors (Lipinski definition) is 1. The highest BCUT2D eigenvalue weighted by molar-refractivity contribution is 5.37. The van der Waals surface area contributed by atoms with E-state index in [2.05, 4.69) is 26.8 Å². The smallest absolute Gasteiger partial charge is 0.124 e. The van der Waals surface area contributed by atoms with E-state index in [1.807, 2.05) is 13.0 Å². The summed E-state index contributed by atoms with van der Waals surface area (Å²) in [5.74, 6) is 1.55. The van der Waals surface area contributed by atoms with Crippen molar-refractivity contribution in [3.05, 3.63) is 35.4 Å². The molecule has 0 saturated carbocycles. The van der Waals surface area contributed by atoms with Crippen molar-refractivity contribution >= 4 is 0 Å². The standard InChI is InChI=1S/C17H24O2/c1-12-5-7-14(8-6-12)17(3,4)19-16-10-13(2)9-15(18)11-16/h5,9-11,14,18H,6-8H2,1-4H3. The third-order valence-corrected chi connectivity index (χ3v) is 4.04. The number of phenolic OH excluding ortho intramolecular Hbond substituents is 1. The highest BCUT2D eigenvalue weighted by Crippen LogP contribution is 2.35. The van der Waals surface area contributed by atoms with Gasteiger partial charge in [-0.2, -0.15) is 0 Å². The number of rotatable bonds is 3. The Kier molecular flexibility index (Phi) is 3.88. The topological polar surface area (TPSA) is 29.5 Å². The van der Waals surface area contributed by atoms with Crippen molar-refractivity contribution in [3.8, 4) is 11.5 Å². The van der Waals surface area contributed by atoms with Crippen molar-refractivity contribution in [2.75, 3.05) is 0 Å². The predicted octanol–water partition coefficient (Wildman–Crippen LogP) is 4.60. The Bertz CT molecular complexity index is 466. The first kappa shape index (κ1) is 14.0. The van der Waals surface area contributed by atoms with E-state index in [1.165, 1.54) is 12.0 Å². The van der Waals surface area contributed by atoms with Gasteiger partial charge in [-0.3, -0.25) is 0 Å². The van der Waals surface area contributed by atoms with Crippen molar-refractivity contribution in [1.82, 2.24) is 0 Å². The number of ether oxygens (including phenoxy) is 1. The molecule has 0 heterocycles. The van der Waals surface area contributed by atoms with E-state index in [1.54, 1.807) is 12.1 Å². The van der Waals surface area contributed by atoms with Crippen LogP contribution in [0.25, 0.3) is 0 Å². The molecule has 0 aliphatic heterocycles. The lowest BCUT2D eigenvalue weighted by atomic mass is 9.79. The van der Waals surface area contributed by atoms with Crippen LogP contribution >= 0.6 is 0 Å². The van der Waals surface area contributed by atoms with Gasteiger partial charge < -0.3 is 9.84 Å². The molecule has 1 aromatic rings. The van der Waals surface area contributed by atoms with Gasteiger partial charge in [-0.05, 0) is 64.7 Å². The lowest BCUT2D eigenvalue weighted by Crippen LogP contribution is -2.38. The average molecular weight is 260 g/mol. The molecule has 1 unspecified atom stereocenters. The molecule has 0 saturated heterocycles. The second-order valence-electron chi connectivity index (χ2n) is 6.23.